The number of Topliss-reactive ketones (excluding diaryl/α,β-unsaturated/α-hetero) is 1. The van der Waals surface area contributed by atoms with E-state index in [1.54, 1.807) is 6.92 Å². The Morgan fingerprint density at radius 2 is 1.76 bits per heavy atom. The van der Waals surface area contributed by atoms with Gasteiger partial charge in [0.25, 0.3) is 0 Å². The number of carbonyl (C=O) groups is 3. The van der Waals surface area contributed by atoms with E-state index in [-0.39, 0.29) is 23.0 Å². The predicted molar refractivity (Wildman–Crippen MR) is 140 cm³/mol. The Morgan fingerprint density at radius 3 is 2.51 bits per heavy atom. The minimum Gasteiger partial charge on any atom is -0.462 e. The van der Waals surface area contributed by atoms with E-state index in [0.29, 0.717) is 30.0 Å². The van der Waals surface area contributed by atoms with Gasteiger partial charge >= 0.3 is 11.9 Å². The molecule has 1 spiro atoms. The Morgan fingerprint density at radius 1 is 1.00 bits per heavy atom. The molecule has 0 bridgehead atoms. The van der Waals surface area contributed by atoms with Crippen LogP contribution >= 0.6 is 0 Å². The molecule has 5 heteroatoms. The molecular formula is C32H42O5. The van der Waals surface area contributed by atoms with Gasteiger partial charge in [-0.15, -0.1) is 0 Å². The summed E-state index contributed by atoms with van der Waals surface area (Å²) < 4.78 is 11.3. The number of rotatable bonds is 4. The number of esters is 2. The predicted octanol–water partition coefficient (Wildman–Crippen LogP) is 6.56. The molecule has 200 valence electrons. The summed E-state index contributed by atoms with van der Waals surface area (Å²) in [6.45, 7) is 6.72. The van der Waals surface area contributed by atoms with Crippen molar-refractivity contribution in [2.75, 3.05) is 6.61 Å². The van der Waals surface area contributed by atoms with Gasteiger partial charge in [-0.05, 0) is 112 Å². The van der Waals surface area contributed by atoms with Crippen LogP contribution in [0.15, 0.2) is 34.4 Å². The molecule has 0 aromatic rings. The summed E-state index contributed by atoms with van der Waals surface area (Å²) in [7, 11) is 0. The standard InChI is InChI=1S/C32H42O5/c1-4-36-28(34)27-25(32(37-29(27)35)14-6-5-7-15-32)19-20-12-16-30(2)21(18-20)8-9-22-23-10-11-26(33)31(23,3)17-13-24(22)30/h8,18,22-24H,4-7,9-17,19H2,1-3H3/t22-,23-,24-,30-,31-/m0/s1. The summed E-state index contributed by atoms with van der Waals surface area (Å²) in [5, 5.41) is 0. The molecule has 5 nitrogen and oxygen atoms in total. The van der Waals surface area contributed by atoms with E-state index in [0.717, 1.165) is 82.6 Å². The third-order valence-electron chi connectivity index (χ3n) is 11.4. The highest BCUT2D eigenvalue weighted by atomic mass is 16.6. The van der Waals surface area contributed by atoms with Crippen LogP contribution in [-0.2, 0) is 23.9 Å². The summed E-state index contributed by atoms with van der Waals surface area (Å²) in [6.07, 6.45) is 17.4. The molecule has 1 aliphatic heterocycles. The first-order valence-corrected chi connectivity index (χ1v) is 14.8. The van der Waals surface area contributed by atoms with Gasteiger partial charge in [-0.2, -0.15) is 0 Å². The number of allylic oxidation sites excluding steroid dienone is 4. The lowest BCUT2D eigenvalue weighted by Gasteiger charge is -2.55. The van der Waals surface area contributed by atoms with Crippen LogP contribution in [0.1, 0.15) is 104 Å². The second-order valence-electron chi connectivity index (χ2n) is 13.1. The molecule has 0 aromatic heterocycles. The van der Waals surface area contributed by atoms with Crippen LogP contribution in [0.2, 0.25) is 0 Å². The summed E-state index contributed by atoms with van der Waals surface area (Å²) in [5.74, 6) is 1.25. The van der Waals surface area contributed by atoms with Crippen LogP contribution in [0, 0.1) is 28.6 Å². The average molecular weight is 507 g/mol. The summed E-state index contributed by atoms with van der Waals surface area (Å²) in [5.41, 5.74) is 3.18. The van der Waals surface area contributed by atoms with Crippen molar-refractivity contribution in [1.82, 2.24) is 0 Å². The minimum atomic E-state index is -0.631. The van der Waals surface area contributed by atoms with Gasteiger partial charge in [-0.25, -0.2) is 9.59 Å². The van der Waals surface area contributed by atoms with E-state index in [2.05, 4.69) is 26.0 Å². The van der Waals surface area contributed by atoms with E-state index in [1.165, 1.54) is 11.1 Å². The van der Waals surface area contributed by atoms with Gasteiger partial charge in [0.2, 0.25) is 0 Å². The molecule has 0 unspecified atom stereocenters. The lowest BCUT2D eigenvalue weighted by Crippen LogP contribution is -2.49. The highest BCUT2D eigenvalue weighted by Gasteiger charge is 2.58. The summed E-state index contributed by atoms with van der Waals surface area (Å²) >= 11 is 0. The van der Waals surface area contributed by atoms with Gasteiger partial charge in [-0.1, -0.05) is 38.0 Å². The molecule has 1 heterocycles. The molecule has 0 saturated heterocycles. The van der Waals surface area contributed by atoms with Crippen molar-refractivity contribution < 1.29 is 23.9 Å². The molecule has 5 atom stereocenters. The molecule has 0 aromatic carbocycles. The van der Waals surface area contributed by atoms with Gasteiger partial charge in [0.1, 0.15) is 17.0 Å². The van der Waals surface area contributed by atoms with Crippen molar-refractivity contribution in [3.05, 3.63) is 34.4 Å². The molecule has 3 fully saturated rings. The van der Waals surface area contributed by atoms with E-state index in [1.807, 2.05) is 0 Å². The zero-order valence-corrected chi connectivity index (χ0v) is 22.8. The molecular weight excluding hydrogens is 464 g/mol. The second-order valence-corrected chi connectivity index (χ2v) is 13.1. The summed E-state index contributed by atoms with van der Waals surface area (Å²) in [4.78, 5) is 38.6. The fourth-order valence-corrected chi connectivity index (χ4v) is 9.35. The smallest absolute Gasteiger partial charge is 0.346 e. The molecule has 37 heavy (non-hydrogen) atoms. The maximum atomic E-state index is 13.0. The maximum absolute atomic E-state index is 13.0. The van der Waals surface area contributed by atoms with Gasteiger partial charge in [0.15, 0.2) is 0 Å². The van der Waals surface area contributed by atoms with Crippen LogP contribution < -0.4 is 0 Å². The van der Waals surface area contributed by atoms with Crippen molar-refractivity contribution in [1.29, 1.82) is 0 Å². The zero-order chi connectivity index (χ0) is 26.0. The highest BCUT2D eigenvalue weighted by molar-refractivity contribution is 6.16. The van der Waals surface area contributed by atoms with Crippen molar-refractivity contribution in [2.24, 2.45) is 28.6 Å². The molecule has 5 aliphatic carbocycles. The van der Waals surface area contributed by atoms with Crippen molar-refractivity contribution in [3.8, 4) is 0 Å². The normalized spacial score (nSPS) is 38.4. The van der Waals surface area contributed by atoms with Crippen LogP contribution in [0.3, 0.4) is 0 Å². The maximum Gasteiger partial charge on any atom is 0.346 e. The van der Waals surface area contributed by atoms with Crippen molar-refractivity contribution >= 4 is 17.7 Å². The topological polar surface area (TPSA) is 69.7 Å². The first kappa shape index (κ1) is 25.1. The first-order chi connectivity index (χ1) is 17.7. The Kier molecular flexibility index (Phi) is 6.08. The lowest BCUT2D eigenvalue weighted by atomic mass is 9.48. The Labute approximate surface area is 221 Å². The Bertz CT molecular complexity index is 1120. The third kappa shape index (κ3) is 3.73. The van der Waals surface area contributed by atoms with Gasteiger partial charge < -0.3 is 9.47 Å². The van der Waals surface area contributed by atoms with Crippen molar-refractivity contribution in [3.63, 3.8) is 0 Å². The second kappa shape index (κ2) is 8.95. The fraction of sp³-hybridized carbons (Fsp3) is 0.719. The molecule has 6 aliphatic rings. The minimum absolute atomic E-state index is 0.0994. The fourth-order valence-electron chi connectivity index (χ4n) is 9.35. The Hall–Kier alpha value is -2.17. The quantitative estimate of drug-likeness (QED) is 0.319. The SMILES string of the molecule is CCOC(=O)C1=C(CC2=CC3=CC[C@@H]4[C@H](CC[C@]5(C)C(=O)CC[C@@H]45)[C@@]3(C)CC2)C2(CCCCC2)OC1=O. The van der Waals surface area contributed by atoms with Crippen molar-refractivity contribution in [2.45, 2.75) is 110 Å². The molecule has 0 radical (unpaired) electrons. The number of fused-ring (bicyclic) bond motifs is 5. The summed E-state index contributed by atoms with van der Waals surface area (Å²) in [6, 6.07) is 0. The number of ketones is 1. The Balaban J connectivity index is 1.31. The number of hydrogen-bond donors (Lipinski definition) is 0. The van der Waals surface area contributed by atoms with Gasteiger partial charge in [-0.3, -0.25) is 4.79 Å². The number of carbonyl (C=O) groups excluding carboxylic acids is 3. The van der Waals surface area contributed by atoms with E-state index < -0.39 is 17.5 Å². The third-order valence-corrected chi connectivity index (χ3v) is 11.4. The van der Waals surface area contributed by atoms with E-state index in [4.69, 9.17) is 9.47 Å². The average Bonchev–Trinajstić information content (AvgIpc) is 3.32. The number of ether oxygens (including phenoxy) is 2. The molecule has 3 saturated carbocycles. The van der Waals surface area contributed by atoms with Gasteiger partial charge in [0, 0.05) is 11.8 Å². The van der Waals surface area contributed by atoms with E-state index >= 15 is 0 Å². The van der Waals surface area contributed by atoms with Crippen LogP contribution in [0.5, 0.6) is 0 Å². The lowest BCUT2D eigenvalue weighted by molar-refractivity contribution is -0.152. The first-order valence-electron chi connectivity index (χ1n) is 14.8. The number of hydrogen-bond acceptors (Lipinski definition) is 5. The van der Waals surface area contributed by atoms with Crippen LogP contribution in [0.4, 0.5) is 0 Å². The van der Waals surface area contributed by atoms with Crippen LogP contribution in [-0.4, -0.2) is 29.9 Å². The zero-order valence-electron chi connectivity index (χ0n) is 22.8. The largest absolute Gasteiger partial charge is 0.462 e. The van der Waals surface area contributed by atoms with E-state index in [9.17, 15) is 14.4 Å². The van der Waals surface area contributed by atoms with Crippen LogP contribution in [0.25, 0.3) is 0 Å². The molecule has 0 N–H and O–H groups in total. The monoisotopic (exact) mass is 506 g/mol. The highest BCUT2D eigenvalue weighted by Crippen LogP contribution is 2.64. The molecule has 6 rings (SSSR count). The van der Waals surface area contributed by atoms with Gasteiger partial charge in [0.05, 0.1) is 6.61 Å². The molecule has 0 amide bonds.